The second-order valence-electron chi connectivity index (χ2n) is 2.93. The quantitative estimate of drug-likeness (QED) is 0.623. The summed E-state index contributed by atoms with van der Waals surface area (Å²) in [4.78, 5) is 24.5. The smallest absolute Gasteiger partial charge is 0.309 e. The highest BCUT2D eigenvalue weighted by Crippen LogP contribution is 1.98. The maximum absolute atomic E-state index is 10.3. The topological polar surface area (TPSA) is 87.0 Å². The number of hydrogen-bond acceptors (Lipinski definition) is 3. The molecular formula is C8H13NO4. The summed E-state index contributed by atoms with van der Waals surface area (Å²) in [6.45, 7) is 3.54. The minimum Gasteiger partial charge on any atom is -0.481 e. The Hall–Kier alpha value is -1.39. The van der Waals surface area contributed by atoms with Crippen molar-refractivity contribution >= 4 is 17.7 Å². The average molecular weight is 187 g/mol. The van der Waals surface area contributed by atoms with Crippen molar-refractivity contribution in [2.24, 2.45) is 4.99 Å². The third kappa shape index (κ3) is 6.99. The van der Waals surface area contributed by atoms with Gasteiger partial charge in [0.25, 0.3) is 0 Å². The van der Waals surface area contributed by atoms with Crippen LogP contribution in [0.4, 0.5) is 0 Å². The Labute approximate surface area is 76.1 Å². The molecule has 0 aliphatic carbocycles. The van der Waals surface area contributed by atoms with E-state index in [1.807, 2.05) is 0 Å². The molecule has 5 heteroatoms. The van der Waals surface area contributed by atoms with E-state index in [-0.39, 0.29) is 24.6 Å². The summed E-state index contributed by atoms with van der Waals surface area (Å²) in [5, 5.41) is 16.9. The normalized spacial score (nSPS) is 9.77. The highest BCUT2D eigenvalue weighted by Gasteiger charge is 2.10. The number of carboxylic acids is 2. The van der Waals surface area contributed by atoms with Crippen LogP contribution in [-0.4, -0.2) is 33.9 Å². The van der Waals surface area contributed by atoms with E-state index in [0.717, 1.165) is 0 Å². The van der Waals surface area contributed by atoms with E-state index in [2.05, 4.69) is 4.99 Å². The summed E-state index contributed by atoms with van der Waals surface area (Å²) in [6.07, 6.45) is -0.602. The zero-order valence-electron chi connectivity index (χ0n) is 7.65. The number of rotatable bonds is 5. The molecule has 0 saturated heterocycles. The number of hydrogen-bond donors (Lipinski definition) is 2. The maximum atomic E-state index is 10.3. The highest BCUT2D eigenvalue weighted by molar-refractivity contribution is 6.05. The van der Waals surface area contributed by atoms with Gasteiger partial charge in [0.15, 0.2) is 0 Å². The Morgan fingerprint density at radius 3 is 1.77 bits per heavy atom. The minimum atomic E-state index is -1.05. The van der Waals surface area contributed by atoms with Crippen molar-refractivity contribution in [3.63, 3.8) is 0 Å². The van der Waals surface area contributed by atoms with Crippen LogP contribution in [0.2, 0.25) is 0 Å². The van der Waals surface area contributed by atoms with Crippen LogP contribution < -0.4 is 0 Å². The summed E-state index contributed by atoms with van der Waals surface area (Å²) in [7, 11) is 0. The largest absolute Gasteiger partial charge is 0.481 e. The second kappa shape index (κ2) is 5.29. The summed E-state index contributed by atoms with van der Waals surface area (Å²) in [5.74, 6) is -2.11. The number of aliphatic carboxylic acids is 2. The molecule has 0 aromatic rings. The molecule has 5 nitrogen and oxygen atoms in total. The number of nitrogens with zero attached hydrogens (tertiary/aromatic N) is 1. The maximum Gasteiger partial charge on any atom is 0.309 e. The molecule has 0 aliphatic heterocycles. The fraction of sp³-hybridized carbons (Fsp3) is 0.625. The zero-order valence-corrected chi connectivity index (χ0v) is 7.65. The first-order valence-corrected chi connectivity index (χ1v) is 3.91. The molecule has 74 valence electrons. The Kier molecular flexibility index (Phi) is 4.72. The third-order valence-corrected chi connectivity index (χ3v) is 1.15. The molecular weight excluding hydrogens is 174 g/mol. The molecule has 0 aliphatic rings. The fourth-order valence-electron chi connectivity index (χ4n) is 0.868. The van der Waals surface area contributed by atoms with Crippen molar-refractivity contribution in [3.05, 3.63) is 0 Å². The molecule has 0 heterocycles. The lowest BCUT2D eigenvalue weighted by atomic mass is 10.2. The highest BCUT2D eigenvalue weighted by atomic mass is 16.4. The van der Waals surface area contributed by atoms with E-state index in [4.69, 9.17) is 10.2 Å². The van der Waals surface area contributed by atoms with E-state index in [1.165, 1.54) is 0 Å². The van der Waals surface area contributed by atoms with Gasteiger partial charge < -0.3 is 10.2 Å². The Morgan fingerprint density at radius 1 is 1.15 bits per heavy atom. The molecule has 0 rings (SSSR count). The SMILES string of the molecule is CC(C)N=C(CC(=O)O)CC(=O)O. The molecule has 0 radical (unpaired) electrons. The lowest BCUT2D eigenvalue weighted by Crippen LogP contribution is -2.13. The van der Waals surface area contributed by atoms with Crippen molar-refractivity contribution < 1.29 is 19.8 Å². The Balaban J connectivity index is 4.36. The van der Waals surface area contributed by atoms with Crippen molar-refractivity contribution in [2.75, 3.05) is 0 Å². The van der Waals surface area contributed by atoms with Gasteiger partial charge in [0.05, 0.1) is 12.8 Å². The average Bonchev–Trinajstić information content (AvgIpc) is 1.80. The molecule has 0 amide bonds. The Morgan fingerprint density at radius 2 is 1.54 bits per heavy atom. The van der Waals surface area contributed by atoms with Gasteiger partial charge in [-0.05, 0) is 13.8 Å². The summed E-state index contributed by atoms with van der Waals surface area (Å²) < 4.78 is 0. The zero-order chi connectivity index (χ0) is 10.4. The minimum absolute atomic E-state index is 0.0753. The predicted octanol–water partition coefficient (Wildman–Crippen LogP) is 0.785. The van der Waals surface area contributed by atoms with Crippen LogP contribution in [0.25, 0.3) is 0 Å². The number of aliphatic imine (C=N–C) groups is 1. The lowest BCUT2D eigenvalue weighted by Gasteiger charge is -2.02. The molecule has 0 bridgehead atoms. The summed E-state index contributed by atoms with van der Waals surface area (Å²) >= 11 is 0. The van der Waals surface area contributed by atoms with Gasteiger partial charge in [-0.1, -0.05) is 0 Å². The molecule has 0 aromatic heterocycles. The molecule has 2 N–H and O–H groups in total. The fourth-order valence-corrected chi connectivity index (χ4v) is 0.868. The van der Waals surface area contributed by atoms with Crippen molar-refractivity contribution in [2.45, 2.75) is 32.7 Å². The third-order valence-electron chi connectivity index (χ3n) is 1.15. The first kappa shape index (κ1) is 11.6. The van der Waals surface area contributed by atoms with Gasteiger partial charge >= 0.3 is 11.9 Å². The van der Waals surface area contributed by atoms with Gasteiger partial charge in [0.2, 0.25) is 0 Å². The van der Waals surface area contributed by atoms with Crippen molar-refractivity contribution in [1.29, 1.82) is 0 Å². The molecule has 0 unspecified atom stereocenters. The van der Waals surface area contributed by atoms with E-state index < -0.39 is 11.9 Å². The Bertz CT molecular complexity index is 214. The molecule has 0 saturated carbocycles. The first-order chi connectivity index (χ1) is 5.91. The predicted molar refractivity (Wildman–Crippen MR) is 47.1 cm³/mol. The van der Waals surface area contributed by atoms with Crippen molar-refractivity contribution in [3.8, 4) is 0 Å². The summed E-state index contributed by atoms with van der Waals surface area (Å²) in [6, 6.07) is -0.0753. The van der Waals surface area contributed by atoms with Crippen LogP contribution in [0.3, 0.4) is 0 Å². The molecule has 0 atom stereocenters. The van der Waals surface area contributed by atoms with E-state index >= 15 is 0 Å². The van der Waals surface area contributed by atoms with Gasteiger partial charge in [0.1, 0.15) is 0 Å². The molecule has 0 fully saturated rings. The van der Waals surface area contributed by atoms with Crippen LogP contribution in [0.1, 0.15) is 26.7 Å². The second-order valence-corrected chi connectivity index (χ2v) is 2.93. The number of carboxylic acid groups (broad SMARTS) is 2. The molecule has 13 heavy (non-hydrogen) atoms. The van der Waals surface area contributed by atoms with Gasteiger partial charge in [-0.25, -0.2) is 0 Å². The van der Waals surface area contributed by atoms with Crippen LogP contribution in [0, 0.1) is 0 Å². The van der Waals surface area contributed by atoms with Crippen LogP contribution in [0.5, 0.6) is 0 Å². The van der Waals surface area contributed by atoms with E-state index in [0.29, 0.717) is 0 Å². The van der Waals surface area contributed by atoms with E-state index in [1.54, 1.807) is 13.8 Å². The number of carbonyl (C=O) groups is 2. The first-order valence-electron chi connectivity index (χ1n) is 3.91. The van der Waals surface area contributed by atoms with Gasteiger partial charge in [-0.2, -0.15) is 0 Å². The summed E-state index contributed by atoms with van der Waals surface area (Å²) in [5.41, 5.74) is 0.204. The van der Waals surface area contributed by atoms with Crippen LogP contribution in [0.15, 0.2) is 4.99 Å². The van der Waals surface area contributed by atoms with Crippen molar-refractivity contribution in [1.82, 2.24) is 0 Å². The molecule has 0 aromatic carbocycles. The monoisotopic (exact) mass is 187 g/mol. The van der Waals surface area contributed by atoms with Gasteiger partial charge in [0, 0.05) is 11.8 Å². The standard InChI is InChI=1S/C8H13NO4/c1-5(2)9-6(3-7(10)11)4-8(12)13/h5H,3-4H2,1-2H3,(H,10,11)(H,12,13). The molecule has 0 spiro atoms. The van der Waals surface area contributed by atoms with E-state index in [9.17, 15) is 9.59 Å². The van der Waals surface area contributed by atoms with Gasteiger partial charge in [-0.3, -0.25) is 14.6 Å². The lowest BCUT2D eigenvalue weighted by molar-refractivity contribution is -0.135. The van der Waals surface area contributed by atoms with Crippen LogP contribution in [-0.2, 0) is 9.59 Å². The van der Waals surface area contributed by atoms with Gasteiger partial charge in [-0.15, -0.1) is 0 Å². The van der Waals surface area contributed by atoms with Crippen LogP contribution >= 0.6 is 0 Å².